The summed E-state index contributed by atoms with van der Waals surface area (Å²) in [5, 5.41) is 59.7. The summed E-state index contributed by atoms with van der Waals surface area (Å²) in [6.45, 7) is 1.18. The molecule has 0 radical (unpaired) electrons. The second kappa shape index (κ2) is 20.6. The average Bonchev–Trinajstić information content (AvgIpc) is 3.76. The maximum absolute atomic E-state index is 14.0. The molecule has 2 saturated heterocycles. The normalized spacial score (nSPS) is 19.7. The number of aromatic hydroxyl groups is 1. The molecule has 21 heteroatoms. The van der Waals surface area contributed by atoms with Gasteiger partial charge in [-0.2, -0.15) is 0 Å². The molecule has 4 heterocycles. The fourth-order valence-electron chi connectivity index (χ4n) is 7.98. The van der Waals surface area contributed by atoms with Crippen LogP contribution in [0.2, 0.25) is 0 Å². The van der Waals surface area contributed by atoms with Crippen molar-refractivity contribution in [2.24, 2.45) is 0 Å². The van der Waals surface area contributed by atoms with E-state index in [-0.39, 0.29) is 84.0 Å². The summed E-state index contributed by atoms with van der Waals surface area (Å²) in [6.07, 6.45) is -9.34. The van der Waals surface area contributed by atoms with E-state index < -0.39 is 68.5 Å². The van der Waals surface area contributed by atoms with Crippen LogP contribution in [0.5, 0.6) is 28.9 Å². The molecule has 2 aromatic heterocycles. The van der Waals surface area contributed by atoms with Crippen LogP contribution in [0.4, 0.5) is 0 Å². The Labute approximate surface area is 399 Å². The van der Waals surface area contributed by atoms with E-state index in [2.05, 4.69) is 9.79 Å². The van der Waals surface area contributed by atoms with Crippen molar-refractivity contribution in [3.63, 3.8) is 0 Å². The van der Waals surface area contributed by atoms with Crippen LogP contribution in [-0.4, -0.2) is 120 Å². The molecule has 20 nitrogen and oxygen atoms in total. The zero-order valence-electron chi connectivity index (χ0n) is 37.1. The lowest BCUT2D eigenvalue weighted by Gasteiger charge is -2.42. The monoisotopic (exact) mass is 978 g/mol. The van der Waals surface area contributed by atoms with Gasteiger partial charge in [0.25, 0.3) is 15.7 Å². The first-order valence-electron chi connectivity index (χ1n) is 22.0. The van der Waals surface area contributed by atoms with E-state index in [0.717, 1.165) is 5.56 Å². The Morgan fingerprint density at radius 2 is 1.41 bits per heavy atom. The number of ether oxygens (including phenoxy) is 5. The number of piperazine rings is 1. The molecule has 0 bridgehead atoms. The van der Waals surface area contributed by atoms with E-state index in [1.165, 1.54) is 41.3 Å². The van der Waals surface area contributed by atoms with Gasteiger partial charge in [0, 0.05) is 50.4 Å². The minimum atomic E-state index is -4.32. The van der Waals surface area contributed by atoms with Gasteiger partial charge in [0.1, 0.15) is 60.6 Å². The van der Waals surface area contributed by atoms with Crippen molar-refractivity contribution in [1.82, 2.24) is 15.0 Å². The first-order chi connectivity index (χ1) is 33.8. The Bertz CT molecular complexity index is 3100. The van der Waals surface area contributed by atoms with Crippen molar-refractivity contribution in [2.45, 2.75) is 53.8 Å². The smallest absolute Gasteiger partial charge is 0.415 e. The lowest BCUT2D eigenvalue weighted by atomic mass is 9.97. The number of aromatic nitrogens is 2. The molecule has 70 heavy (non-hydrogen) atoms. The van der Waals surface area contributed by atoms with Crippen molar-refractivity contribution in [3.05, 3.63) is 154 Å². The zero-order valence-corrected chi connectivity index (χ0v) is 37.9. The lowest BCUT2D eigenvalue weighted by Crippen LogP contribution is -2.64. The van der Waals surface area contributed by atoms with Crippen LogP contribution < -0.4 is 29.3 Å². The van der Waals surface area contributed by atoms with Gasteiger partial charge in [-0.25, -0.2) is 8.42 Å². The highest BCUT2D eigenvalue weighted by Crippen LogP contribution is 2.44. The number of amides is 1. The Hall–Kier alpha value is -7.53. The summed E-state index contributed by atoms with van der Waals surface area (Å²) in [6, 6.07) is 35.1. The van der Waals surface area contributed by atoms with Gasteiger partial charge in [0.2, 0.25) is 12.0 Å². The number of rotatable bonds is 16. The molecule has 2 aliphatic heterocycles. The first kappa shape index (κ1) is 47.5. The van der Waals surface area contributed by atoms with Crippen LogP contribution in [0.1, 0.15) is 11.1 Å². The van der Waals surface area contributed by atoms with Crippen LogP contribution in [0, 0.1) is 5.21 Å². The predicted molar refractivity (Wildman–Crippen MR) is 244 cm³/mol. The highest BCUT2D eigenvalue weighted by molar-refractivity contribution is 7.91. The van der Waals surface area contributed by atoms with Crippen molar-refractivity contribution < 1.29 is 71.3 Å². The number of benzene rings is 5. The molecule has 2 aliphatic rings. The van der Waals surface area contributed by atoms with Crippen molar-refractivity contribution in [1.29, 1.82) is 0 Å². The summed E-state index contributed by atoms with van der Waals surface area (Å²) in [4.78, 5) is 30.6. The SMILES string of the molecule is O=C([C@H]1O[C@@H](Oc2cc3oc(-c4ccc(OCc5ccccc5)cc4)cc(=O)c3c(O)c2OCc2ccccc2)[C@H](O)[C@@H](O)[C@@H]1O)N1CCN(CCOc2no[n+]([O-])c2S(=O)(=O)c2ccccc2)CC1. The van der Waals surface area contributed by atoms with E-state index in [1.807, 2.05) is 35.2 Å². The topological polar surface area (TPSA) is 268 Å². The Morgan fingerprint density at radius 3 is 2.07 bits per heavy atom. The summed E-state index contributed by atoms with van der Waals surface area (Å²) < 4.78 is 66.5. The van der Waals surface area contributed by atoms with Gasteiger partial charge in [-0.3, -0.25) is 19.1 Å². The van der Waals surface area contributed by atoms with Crippen molar-refractivity contribution in [2.75, 3.05) is 39.3 Å². The van der Waals surface area contributed by atoms with E-state index in [1.54, 1.807) is 60.7 Å². The highest BCUT2D eigenvalue weighted by atomic mass is 32.2. The maximum atomic E-state index is 14.0. The minimum Gasteiger partial charge on any atom is -0.504 e. The molecule has 2 fully saturated rings. The summed E-state index contributed by atoms with van der Waals surface area (Å²) in [5.41, 5.74) is 1.42. The molecule has 0 unspecified atom stereocenters. The number of fused-ring (bicyclic) bond motifs is 1. The first-order valence-corrected chi connectivity index (χ1v) is 23.5. The van der Waals surface area contributed by atoms with E-state index in [9.17, 15) is 43.6 Å². The molecular formula is C49H46N4O16S. The number of phenols is 1. The average molecular weight is 979 g/mol. The second-order valence-corrected chi connectivity index (χ2v) is 18.2. The quantitative estimate of drug-likeness (QED) is 0.101. The Kier molecular flexibility index (Phi) is 14.0. The van der Waals surface area contributed by atoms with Crippen LogP contribution in [0.25, 0.3) is 22.3 Å². The van der Waals surface area contributed by atoms with Gasteiger partial charge in [0.15, 0.2) is 23.0 Å². The standard InChI is InChI=1S/C49H46N4O16S/c54-35-26-36(32-16-18-33(19-17-32)64-28-30-10-4-1-5-11-30)66-37-27-38(44(40(55)39(35)37)65-29-31-12-6-2-7-13-31)67-49-43(58)41(56)42(57)45(68-49)47(59)52-22-20-51(21-23-52)24-25-63-46-48(53(60)69-50-46)70(61,62)34-14-8-3-9-15-34/h1-19,26-27,41-43,45,49,55-58H,20-25,28-29H2/t41-,42-,43+,45-,49+/m0/s1. The number of hydrogen-bond donors (Lipinski definition) is 4. The molecule has 0 spiro atoms. The van der Waals surface area contributed by atoms with Crippen molar-refractivity contribution in [3.8, 4) is 40.2 Å². The predicted octanol–water partition coefficient (Wildman–Crippen LogP) is 3.19. The molecule has 0 aliphatic carbocycles. The van der Waals surface area contributed by atoms with Crippen LogP contribution in [0.3, 0.4) is 0 Å². The van der Waals surface area contributed by atoms with E-state index in [0.29, 0.717) is 23.5 Å². The number of aliphatic hydroxyl groups is 3. The molecule has 5 atom stereocenters. The molecule has 364 valence electrons. The highest BCUT2D eigenvalue weighted by Gasteiger charge is 2.49. The number of carbonyl (C=O) groups is 1. The number of phenolic OH excluding ortho intramolecular Hbond substituents is 1. The number of aliphatic hydroxyl groups excluding tert-OH is 3. The molecule has 4 N–H and O–H groups in total. The summed E-state index contributed by atoms with van der Waals surface area (Å²) in [7, 11) is -4.32. The number of carbonyl (C=O) groups excluding carboxylic acids is 1. The largest absolute Gasteiger partial charge is 0.504 e. The molecule has 5 aromatic carbocycles. The van der Waals surface area contributed by atoms with Gasteiger partial charge in [0.05, 0.1) is 10.1 Å². The third kappa shape index (κ3) is 10.1. The van der Waals surface area contributed by atoms with Gasteiger partial charge < -0.3 is 58.6 Å². The van der Waals surface area contributed by atoms with Crippen molar-refractivity contribution >= 4 is 26.7 Å². The minimum absolute atomic E-state index is 0.102. The molecular weight excluding hydrogens is 933 g/mol. The van der Waals surface area contributed by atoms with E-state index >= 15 is 0 Å². The lowest BCUT2D eigenvalue weighted by molar-refractivity contribution is -0.832. The summed E-state index contributed by atoms with van der Waals surface area (Å²) >= 11 is 0. The molecule has 1 amide bonds. The Morgan fingerprint density at radius 1 is 0.786 bits per heavy atom. The second-order valence-electron chi connectivity index (χ2n) is 16.4. The third-order valence-electron chi connectivity index (χ3n) is 11.8. The van der Waals surface area contributed by atoms with E-state index in [4.69, 9.17) is 28.1 Å². The van der Waals surface area contributed by atoms with Gasteiger partial charge in [-0.1, -0.05) is 78.9 Å². The fourth-order valence-corrected chi connectivity index (χ4v) is 9.27. The van der Waals surface area contributed by atoms with Gasteiger partial charge in [-0.15, -0.1) is 0 Å². The number of sulfone groups is 1. The number of nitrogens with zero attached hydrogens (tertiary/aromatic N) is 4. The molecule has 0 saturated carbocycles. The Balaban J connectivity index is 0.894. The van der Waals surface area contributed by atoms with Gasteiger partial charge >= 0.3 is 10.9 Å². The molecule has 9 rings (SSSR count). The van der Waals surface area contributed by atoms with Crippen LogP contribution in [-0.2, 0) is 32.6 Å². The molecule has 7 aromatic rings. The van der Waals surface area contributed by atoms with Crippen LogP contribution in [0.15, 0.2) is 151 Å². The maximum Gasteiger partial charge on any atom is 0.415 e. The summed E-state index contributed by atoms with van der Waals surface area (Å²) in [5.74, 6) is -1.80. The van der Waals surface area contributed by atoms with Crippen LogP contribution >= 0.6 is 0 Å². The van der Waals surface area contributed by atoms with Gasteiger partial charge in [-0.05, 0) is 52.4 Å². The number of hydrogen-bond acceptors (Lipinski definition) is 18. The zero-order chi connectivity index (χ0) is 48.9. The fraction of sp³-hybridized carbons (Fsp3) is 0.265. The third-order valence-corrected chi connectivity index (χ3v) is 13.5.